The molecule has 3 atom stereocenters. The van der Waals surface area contributed by atoms with Crippen LogP contribution in [0.5, 0.6) is 17.2 Å². The van der Waals surface area contributed by atoms with Crippen LogP contribution in [0.25, 0.3) is 0 Å². The van der Waals surface area contributed by atoms with E-state index < -0.39 is 23.7 Å². The summed E-state index contributed by atoms with van der Waals surface area (Å²) in [5.74, 6) is -0.584. The van der Waals surface area contributed by atoms with Crippen molar-refractivity contribution >= 4 is 11.9 Å². The lowest BCUT2D eigenvalue weighted by atomic mass is 9.82. The first-order chi connectivity index (χ1) is 19.4. The molecular weight excluding hydrogens is 515 g/mol. The molecule has 2 aliphatic rings. The fourth-order valence-electron chi connectivity index (χ4n) is 5.77. The van der Waals surface area contributed by atoms with E-state index in [0.29, 0.717) is 42.6 Å². The van der Waals surface area contributed by atoms with Gasteiger partial charge < -0.3 is 24.2 Å². The number of fused-ring (bicyclic) bond motifs is 1. The van der Waals surface area contributed by atoms with Crippen LogP contribution in [0.4, 0.5) is 10.3 Å². The zero-order valence-electron chi connectivity index (χ0n) is 23.0. The molecule has 2 aromatic carbocycles. The van der Waals surface area contributed by atoms with Gasteiger partial charge in [0.2, 0.25) is 12.7 Å². The van der Waals surface area contributed by atoms with E-state index in [1.165, 1.54) is 13.2 Å². The lowest BCUT2D eigenvalue weighted by molar-refractivity contribution is -0.143. The Labute approximate surface area is 233 Å². The number of aliphatic carboxylic acids is 1. The second-order valence-corrected chi connectivity index (χ2v) is 10.1. The summed E-state index contributed by atoms with van der Waals surface area (Å²) in [6.07, 6.45) is 3.49. The van der Waals surface area contributed by atoms with Crippen molar-refractivity contribution < 1.29 is 28.5 Å². The van der Waals surface area contributed by atoms with Crippen LogP contribution in [0.2, 0.25) is 0 Å². The standard InChI is InChI=1S/C30H35FN4O5/c1-4-12-34(30-32-11-10-21(5-2)33-30)13-14-35-17-22(19-6-9-25-26(16-19)40-18-39-25)27(29(36)37)28(35)20-7-8-24(38-3)23(31)15-20/h6-11,15-16,22,27-28H,4-5,12-14,17-18H2,1-3H3,(H,36,37)/t22-,27+,28-/m1/s1. The minimum atomic E-state index is -0.934. The summed E-state index contributed by atoms with van der Waals surface area (Å²) in [6, 6.07) is 11.7. The van der Waals surface area contributed by atoms with E-state index in [4.69, 9.17) is 19.2 Å². The van der Waals surface area contributed by atoms with Crippen molar-refractivity contribution in [2.45, 2.75) is 38.6 Å². The summed E-state index contributed by atoms with van der Waals surface area (Å²) >= 11 is 0. The number of rotatable bonds is 11. The van der Waals surface area contributed by atoms with E-state index in [0.717, 1.165) is 30.6 Å². The molecule has 1 fully saturated rings. The number of carboxylic acid groups (broad SMARTS) is 1. The van der Waals surface area contributed by atoms with Crippen molar-refractivity contribution in [1.29, 1.82) is 0 Å². The maximum Gasteiger partial charge on any atom is 0.309 e. The van der Waals surface area contributed by atoms with Gasteiger partial charge in [-0.3, -0.25) is 9.69 Å². The largest absolute Gasteiger partial charge is 0.494 e. The van der Waals surface area contributed by atoms with Gasteiger partial charge in [-0.05, 0) is 54.3 Å². The predicted octanol–water partition coefficient (Wildman–Crippen LogP) is 4.67. The summed E-state index contributed by atoms with van der Waals surface area (Å²) in [5, 5.41) is 10.5. The van der Waals surface area contributed by atoms with Crippen LogP contribution in [0, 0.1) is 11.7 Å². The number of benzene rings is 2. The van der Waals surface area contributed by atoms with E-state index in [1.54, 1.807) is 18.3 Å². The van der Waals surface area contributed by atoms with Crippen molar-refractivity contribution in [2.24, 2.45) is 5.92 Å². The van der Waals surface area contributed by atoms with Crippen LogP contribution in [0.3, 0.4) is 0 Å². The highest BCUT2D eigenvalue weighted by molar-refractivity contribution is 5.74. The molecule has 2 aliphatic heterocycles. The zero-order chi connectivity index (χ0) is 28.2. The summed E-state index contributed by atoms with van der Waals surface area (Å²) in [5.41, 5.74) is 2.41. The zero-order valence-corrected chi connectivity index (χ0v) is 23.0. The molecule has 5 rings (SSSR count). The lowest BCUT2D eigenvalue weighted by Crippen LogP contribution is -2.37. The number of halogens is 1. The van der Waals surface area contributed by atoms with Gasteiger partial charge in [0, 0.05) is 50.0 Å². The maximum atomic E-state index is 14.9. The molecule has 0 aliphatic carbocycles. The topological polar surface area (TPSA) is 97.3 Å². The smallest absolute Gasteiger partial charge is 0.309 e. The summed E-state index contributed by atoms with van der Waals surface area (Å²) < 4.78 is 31.1. The minimum absolute atomic E-state index is 0.120. The van der Waals surface area contributed by atoms with Gasteiger partial charge in [0.05, 0.1) is 13.0 Å². The third-order valence-corrected chi connectivity index (χ3v) is 7.72. The number of ether oxygens (including phenoxy) is 3. The third kappa shape index (κ3) is 5.54. The highest BCUT2D eigenvalue weighted by Crippen LogP contribution is 2.48. The van der Waals surface area contributed by atoms with Crippen LogP contribution < -0.4 is 19.1 Å². The third-order valence-electron chi connectivity index (χ3n) is 7.72. The maximum absolute atomic E-state index is 14.9. The number of hydrogen-bond donors (Lipinski definition) is 1. The number of anilines is 1. The first kappa shape index (κ1) is 27.6. The van der Waals surface area contributed by atoms with Gasteiger partial charge in [-0.15, -0.1) is 0 Å². The van der Waals surface area contributed by atoms with Gasteiger partial charge in [-0.25, -0.2) is 14.4 Å². The highest BCUT2D eigenvalue weighted by Gasteiger charge is 2.47. The van der Waals surface area contributed by atoms with Crippen molar-refractivity contribution in [2.75, 3.05) is 45.0 Å². The molecule has 40 heavy (non-hydrogen) atoms. The van der Waals surface area contributed by atoms with Crippen LogP contribution in [0.15, 0.2) is 48.7 Å². The van der Waals surface area contributed by atoms with Gasteiger partial charge in [-0.1, -0.05) is 26.0 Å². The first-order valence-electron chi connectivity index (χ1n) is 13.7. The van der Waals surface area contributed by atoms with Gasteiger partial charge in [0.15, 0.2) is 23.1 Å². The van der Waals surface area contributed by atoms with Crippen molar-refractivity contribution in [3.8, 4) is 17.2 Å². The van der Waals surface area contributed by atoms with Crippen LogP contribution in [0.1, 0.15) is 49.0 Å². The molecule has 0 amide bonds. The molecule has 0 bridgehead atoms. The van der Waals surface area contributed by atoms with Crippen LogP contribution >= 0.6 is 0 Å². The molecule has 0 saturated carbocycles. The molecule has 1 aromatic heterocycles. The average Bonchev–Trinajstić information content (AvgIpc) is 3.59. The number of methoxy groups -OCH3 is 1. The Morgan fingerprint density at radius 3 is 2.65 bits per heavy atom. The van der Waals surface area contributed by atoms with E-state index in [9.17, 15) is 14.3 Å². The number of aromatic nitrogens is 2. The number of carbonyl (C=O) groups is 1. The van der Waals surface area contributed by atoms with E-state index in [1.807, 2.05) is 24.3 Å². The number of nitrogens with zero attached hydrogens (tertiary/aromatic N) is 4. The molecule has 10 heteroatoms. The molecule has 0 spiro atoms. The highest BCUT2D eigenvalue weighted by atomic mass is 19.1. The van der Waals surface area contributed by atoms with E-state index in [2.05, 4.69) is 28.6 Å². The fourth-order valence-corrected chi connectivity index (χ4v) is 5.77. The number of aryl methyl sites for hydroxylation is 1. The van der Waals surface area contributed by atoms with Crippen molar-refractivity contribution in [1.82, 2.24) is 14.9 Å². The molecule has 1 N–H and O–H groups in total. The summed E-state index contributed by atoms with van der Waals surface area (Å²) in [4.78, 5) is 26.4. The quantitative estimate of drug-likeness (QED) is 0.365. The molecule has 212 valence electrons. The second kappa shape index (κ2) is 12.1. The Bertz CT molecular complexity index is 1360. The Balaban J connectivity index is 1.49. The second-order valence-electron chi connectivity index (χ2n) is 10.1. The normalized spacial score (nSPS) is 20.1. The molecular formula is C30H35FN4O5. The molecule has 0 unspecified atom stereocenters. The van der Waals surface area contributed by atoms with E-state index in [-0.39, 0.29) is 18.5 Å². The predicted molar refractivity (Wildman–Crippen MR) is 148 cm³/mol. The number of carboxylic acids is 1. The number of hydrogen-bond acceptors (Lipinski definition) is 8. The van der Waals surface area contributed by atoms with Gasteiger partial charge >= 0.3 is 5.97 Å². The molecule has 3 heterocycles. The van der Waals surface area contributed by atoms with Crippen LogP contribution in [-0.2, 0) is 11.2 Å². The Kier molecular flexibility index (Phi) is 8.35. The lowest BCUT2D eigenvalue weighted by Gasteiger charge is -2.30. The average molecular weight is 551 g/mol. The van der Waals surface area contributed by atoms with Gasteiger partial charge in [0.25, 0.3) is 0 Å². The van der Waals surface area contributed by atoms with Gasteiger partial charge in [0.1, 0.15) is 0 Å². The molecule has 3 aromatic rings. The molecule has 0 radical (unpaired) electrons. The fraction of sp³-hybridized carbons (Fsp3) is 0.433. The Hall–Kier alpha value is -3.92. The summed E-state index contributed by atoms with van der Waals surface area (Å²) in [7, 11) is 1.41. The van der Waals surface area contributed by atoms with Crippen molar-refractivity contribution in [3.05, 3.63) is 71.3 Å². The summed E-state index contributed by atoms with van der Waals surface area (Å²) in [6.45, 7) is 6.67. The van der Waals surface area contributed by atoms with Crippen molar-refractivity contribution in [3.63, 3.8) is 0 Å². The molecule has 1 saturated heterocycles. The molecule has 9 nitrogen and oxygen atoms in total. The van der Waals surface area contributed by atoms with Gasteiger partial charge in [-0.2, -0.15) is 0 Å². The Morgan fingerprint density at radius 2 is 1.93 bits per heavy atom. The van der Waals surface area contributed by atoms with Crippen LogP contribution in [-0.4, -0.2) is 66.0 Å². The SMILES string of the molecule is CCCN(CCN1C[C@H](c2ccc3c(c2)OCO3)[C@H](C(=O)O)[C@H]1c1ccc(OC)c(F)c1)c1nccc(CC)n1. The van der Waals surface area contributed by atoms with E-state index >= 15 is 0 Å². The Morgan fingerprint density at radius 1 is 1.12 bits per heavy atom. The first-order valence-corrected chi connectivity index (χ1v) is 13.7. The number of likely N-dealkylation sites (tertiary alicyclic amines) is 1. The monoisotopic (exact) mass is 550 g/mol. The minimum Gasteiger partial charge on any atom is -0.494 e.